The molecular weight excluding hydrogens is 492 g/mol. The van der Waals surface area contributed by atoms with Crippen molar-refractivity contribution in [1.29, 1.82) is 0 Å². The van der Waals surface area contributed by atoms with E-state index in [4.69, 9.17) is 5.11 Å². The van der Waals surface area contributed by atoms with E-state index in [2.05, 4.69) is 58.1 Å². The zero-order valence-electron chi connectivity index (χ0n) is 10.4. The van der Waals surface area contributed by atoms with Crippen LogP contribution in [-0.4, -0.2) is 21.8 Å². The smallest absolute Gasteiger partial charge is 0.356 e. The summed E-state index contributed by atoms with van der Waals surface area (Å²) in [5, 5.41) is 12.4. The van der Waals surface area contributed by atoms with Gasteiger partial charge in [-0.25, -0.2) is 9.78 Å². The summed E-state index contributed by atoms with van der Waals surface area (Å²) in [6.07, 6.45) is 0. The minimum absolute atomic E-state index is 0.120. The molecule has 0 saturated carbocycles. The van der Waals surface area contributed by atoms with E-state index in [1.807, 2.05) is 12.1 Å². The van der Waals surface area contributed by atoms with Crippen LogP contribution in [0.1, 0.15) is 27.1 Å². The van der Waals surface area contributed by atoms with Crippen LogP contribution in [0.2, 0.25) is 0 Å². The van der Waals surface area contributed by atoms with Crippen molar-refractivity contribution < 1.29 is 14.7 Å². The fourth-order valence-corrected chi connectivity index (χ4v) is 4.84. The molecule has 5 nitrogen and oxygen atoms in total. The maximum atomic E-state index is 11.5. The van der Waals surface area contributed by atoms with Gasteiger partial charge in [0.15, 0.2) is 16.6 Å². The molecule has 0 atom stereocenters. The molecule has 0 spiro atoms. The third kappa shape index (κ3) is 3.71. The predicted molar refractivity (Wildman–Crippen MR) is 91.9 cm³/mol. The molecule has 0 fully saturated rings. The van der Waals surface area contributed by atoms with Gasteiger partial charge in [-0.15, -0.1) is 0 Å². The first-order chi connectivity index (χ1) is 9.79. The molecule has 110 valence electrons. The van der Waals surface area contributed by atoms with Gasteiger partial charge in [0.25, 0.3) is 0 Å². The van der Waals surface area contributed by atoms with Crippen LogP contribution >= 0.6 is 59.1 Å². The zero-order chi connectivity index (χ0) is 15.7. The van der Waals surface area contributed by atoms with Gasteiger partial charge in [-0.05, 0) is 44.0 Å². The molecule has 9 heteroatoms. The number of hydrogen-bond acceptors (Lipinski definition) is 5. The number of rotatable bonds is 4. The maximum absolute atomic E-state index is 11.5. The topological polar surface area (TPSA) is 79.3 Å². The van der Waals surface area contributed by atoms with Gasteiger partial charge in [0, 0.05) is 20.3 Å². The third-order valence-corrected chi connectivity index (χ3v) is 5.17. The second-order valence-corrected chi connectivity index (χ2v) is 7.55. The molecule has 1 heterocycles. The van der Waals surface area contributed by atoms with Crippen molar-refractivity contribution in [3.63, 3.8) is 0 Å². The average Bonchev–Trinajstić information content (AvgIpc) is 2.78. The number of anilines is 2. The molecular formula is C12H7Br3N2O3S. The van der Waals surface area contributed by atoms with E-state index in [9.17, 15) is 9.59 Å². The number of carbonyl (C=O) groups excluding carboxylic acids is 1. The van der Waals surface area contributed by atoms with Crippen LogP contribution in [0.15, 0.2) is 25.6 Å². The highest BCUT2D eigenvalue weighted by atomic mass is 79.9. The Morgan fingerprint density at radius 1 is 1.24 bits per heavy atom. The summed E-state index contributed by atoms with van der Waals surface area (Å²) in [6.45, 7) is 1.31. The quantitative estimate of drug-likeness (QED) is 0.575. The predicted octanol–water partition coefficient (Wildman–Crippen LogP) is 5.08. The van der Waals surface area contributed by atoms with Crippen molar-refractivity contribution in [3.8, 4) is 0 Å². The molecule has 0 radical (unpaired) electrons. The Morgan fingerprint density at radius 2 is 1.81 bits per heavy atom. The monoisotopic (exact) mass is 496 g/mol. The molecule has 1 aromatic carbocycles. The molecule has 0 unspecified atom stereocenters. The molecule has 2 rings (SSSR count). The number of hydrogen-bond donors (Lipinski definition) is 2. The first kappa shape index (κ1) is 16.6. The average molecular weight is 499 g/mol. The number of nitrogens with one attached hydrogen (secondary N) is 1. The lowest BCUT2D eigenvalue weighted by molar-refractivity contribution is 0.0687. The lowest BCUT2D eigenvalue weighted by Crippen LogP contribution is -2.03. The van der Waals surface area contributed by atoms with Crippen LogP contribution < -0.4 is 5.32 Å². The van der Waals surface area contributed by atoms with E-state index < -0.39 is 5.97 Å². The highest BCUT2D eigenvalue weighted by Crippen LogP contribution is 2.37. The van der Waals surface area contributed by atoms with Crippen molar-refractivity contribution >= 4 is 81.7 Å². The summed E-state index contributed by atoms with van der Waals surface area (Å²) in [6, 6.07) is 3.68. The first-order valence-corrected chi connectivity index (χ1v) is 8.65. The molecule has 21 heavy (non-hydrogen) atoms. The highest BCUT2D eigenvalue weighted by molar-refractivity contribution is 9.11. The zero-order valence-corrected chi connectivity index (χ0v) is 16.0. The van der Waals surface area contributed by atoms with Crippen LogP contribution in [0, 0.1) is 0 Å². The fourth-order valence-electron chi connectivity index (χ4n) is 1.53. The maximum Gasteiger partial charge on any atom is 0.356 e. The Balaban J connectivity index is 2.43. The second kappa shape index (κ2) is 6.55. The number of carboxylic acids is 1. The lowest BCUT2D eigenvalue weighted by Gasteiger charge is -2.08. The largest absolute Gasteiger partial charge is 0.476 e. The Labute approximate surface area is 149 Å². The van der Waals surface area contributed by atoms with Crippen molar-refractivity contribution in [2.24, 2.45) is 0 Å². The Bertz CT molecular complexity index is 691. The van der Waals surface area contributed by atoms with Crippen LogP contribution in [0.5, 0.6) is 0 Å². The molecule has 2 aromatic rings. The Kier molecular flexibility index (Phi) is 5.18. The third-order valence-electron chi connectivity index (χ3n) is 2.39. The summed E-state index contributed by atoms with van der Waals surface area (Å²) in [7, 11) is 0. The van der Waals surface area contributed by atoms with Gasteiger partial charge in [-0.3, -0.25) is 4.79 Å². The summed E-state index contributed by atoms with van der Waals surface area (Å²) >= 11 is 11.2. The number of ketones is 1. The van der Waals surface area contributed by atoms with Crippen LogP contribution in [0.3, 0.4) is 0 Å². The van der Waals surface area contributed by atoms with Crippen LogP contribution in [-0.2, 0) is 0 Å². The summed E-state index contributed by atoms with van der Waals surface area (Å²) in [4.78, 5) is 26.7. The molecule has 0 aliphatic rings. The Morgan fingerprint density at radius 3 is 2.24 bits per heavy atom. The minimum Gasteiger partial charge on any atom is -0.476 e. The van der Waals surface area contributed by atoms with Gasteiger partial charge in [0.2, 0.25) is 0 Å². The van der Waals surface area contributed by atoms with E-state index in [1.165, 1.54) is 6.92 Å². The van der Waals surface area contributed by atoms with Gasteiger partial charge in [-0.1, -0.05) is 27.3 Å². The fraction of sp³-hybridized carbons (Fsp3) is 0.0833. The number of thiazole rings is 1. The Hall–Kier alpha value is -0.770. The molecule has 0 saturated heterocycles. The molecule has 0 amide bonds. The summed E-state index contributed by atoms with van der Waals surface area (Å²) in [5.74, 6) is -1.55. The number of halogens is 3. The highest BCUT2D eigenvalue weighted by Gasteiger charge is 2.21. The van der Waals surface area contributed by atoms with Crippen molar-refractivity contribution in [3.05, 3.63) is 36.1 Å². The van der Waals surface area contributed by atoms with Crippen molar-refractivity contribution in [2.45, 2.75) is 6.92 Å². The van der Waals surface area contributed by atoms with Crippen molar-refractivity contribution in [1.82, 2.24) is 4.98 Å². The normalized spacial score (nSPS) is 10.5. The number of aromatic carboxylic acids is 1. The van der Waals surface area contributed by atoms with E-state index in [0.717, 1.165) is 24.8 Å². The van der Waals surface area contributed by atoms with Gasteiger partial charge in [-0.2, -0.15) is 0 Å². The van der Waals surface area contributed by atoms with Gasteiger partial charge >= 0.3 is 5.97 Å². The lowest BCUT2D eigenvalue weighted by atomic mass is 10.3. The van der Waals surface area contributed by atoms with Gasteiger partial charge < -0.3 is 10.4 Å². The first-order valence-electron chi connectivity index (χ1n) is 5.46. The number of aromatic nitrogens is 1. The van der Waals surface area contributed by atoms with E-state index in [1.54, 1.807) is 0 Å². The minimum atomic E-state index is -1.22. The summed E-state index contributed by atoms with van der Waals surface area (Å²) in [5.41, 5.74) is 0.457. The van der Waals surface area contributed by atoms with Crippen molar-refractivity contribution in [2.75, 3.05) is 5.32 Å². The van der Waals surface area contributed by atoms with E-state index in [0.29, 0.717) is 10.8 Å². The van der Waals surface area contributed by atoms with Crippen LogP contribution in [0.25, 0.3) is 0 Å². The number of nitrogens with zero attached hydrogens (tertiary/aromatic N) is 1. The molecule has 2 N–H and O–H groups in total. The number of carboxylic acid groups (broad SMARTS) is 1. The molecule has 0 bridgehead atoms. The van der Waals surface area contributed by atoms with Crippen LogP contribution in [0.4, 0.5) is 10.8 Å². The number of benzene rings is 1. The second-order valence-electron chi connectivity index (χ2n) is 3.93. The molecule has 0 aliphatic carbocycles. The standard InChI is InChI=1S/C12H7Br3N2O3S/c1-4(18)10-9(11(19)20)17-12(21-10)16-8-6(14)2-5(13)3-7(8)15/h2-3H,1H3,(H,16,17)(H,19,20). The number of carbonyl (C=O) groups is 2. The summed E-state index contributed by atoms with van der Waals surface area (Å²) < 4.78 is 2.40. The SMILES string of the molecule is CC(=O)c1sc(Nc2c(Br)cc(Br)cc2Br)nc1C(=O)O. The van der Waals surface area contributed by atoms with E-state index >= 15 is 0 Å². The molecule has 1 aromatic heterocycles. The van der Waals surface area contributed by atoms with E-state index in [-0.39, 0.29) is 16.4 Å². The molecule has 0 aliphatic heterocycles. The van der Waals surface area contributed by atoms with Gasteiger partial charge in [0.1, 0.15) is 4.88 Å². The van der Waals surface area contributed by atoms with Gasteiger partial charge in [0.05, 0.1) is 5.69 Å². The number of Topliss-reactive ketones (excluding diaryl/α,β-unsaturated/α-hetero) is 1.